The monoisotopic (exact) mass is 262 g/mol. The lowest BCUT2D eigenvalue weighted by Crippen LogP contribution is -1.89. The van der Waals surface area contributed by atoms with Crippen molar-refractivity contribution >= 4 is 34.4 Å². The zero-order chi connectivity index (χ0) is 12.5. The summed E-state index contributed by atoms with van der Waals surface area (Å²) in [5, 5.41) is 3.63. The first-order chi connectivity index (χ1) is 8.70. The van der Waals surface area contributed by atoms with Crippen LogP contribution in [0.2, 0.25) is 5.02 Å². The molecule has 0 bridgehead atoms. The molecule has 0 saturated heterocycles. The van der Waals surface area contributed by atoms with Crippen LogP contribution in [0, 0.1) is 5.82 Å². The molecule has 5 heteroatoms. The molecule has 0 unspecified atom stereocenters. The maximum atomic E-state index is 13.0. The van der Waals surface area contributed by atoms with E-state index < -0.39 is 0 Å². The Bertz CT molecular complexity index is 694. The predicted molar refractivity (Wildman–Crippen MR) is 68.7 cm³/mol. The molecule has 0 aliphatic rings. The molecule has 1 N–H and O–H groups in total. The molecule has 2 aromatic carbocycles. The summed E-state index contributed by atoms with van der Waals surface area (Å²) >= 11 is 5.79. The summed E-state index contributed by atoms with van der Waals surface area (Å²) in [6.07, 6.45) is 0. The van der Waals surface area contributed by atoms with E-state index in [9.17, 15) is 4.39 Å². The number of anilines is 2. The predicted octanol–water partition coefficient (Wildman–Crippen LogP) is 4.36. The minimum absolute atomic E-state index is 0.318. The number of nitrogens with zero attached hydrogens (tertiary/aromatic N) is 1. The molecule has 90 valence electrons. The van der Waals surface area contributed by atoms with Gasteiger partial charge in [0.25, 0.3) is 6.01 Å². The second-order valence-corrected chi connectivity index (χ2v) is 4.20. The van der Waals surface area contributed by atoms with E-state index in [1.807, 2.05) is 0 Å². The summed E-state index contributed by atoms with van der Waals surface area (Å²) in [6.45, 7) is 0. The number of hydrogen-bond donors (Lipinski definition) is 1. The molecule has 3 rings (SSSR count). The van der Waals surface area contributed by atoms with E-state index in [-0.39, 0.29) is 5.82 Å². The topological polar surface area (TPSA) is 38.1 Å². The number of aromatic nitrogens is 1. The summed E-state index contributed by atoms with van der Waals surface area (Å²) in [5.74, 6) is -0.339. The van der Waals surface area contributed by atoms with Gasteiger partial charge in [0, 0.05) is 16.8 Å². The molecule has 0 aliphatic carbocycles. The molecule has 0 saturated carbocycles. The van der Waals surface area contributed by atoms with Crippen molar-refractivity contribution < 1.29 is 8.81 Å². The van der Waals surface area contributed by atoms with Gasteiger partial charge in [-0.25, -0.2) is 4.39 Å². The van der Waals surface area contributed by atoms with E-state index in [0.29, 0.717) is 22.1 Å². The van der Waals surface area contributed by atoms with Crippen LogP contribution in [0.4, 0.5) is 16.1 Å². The first kappa shape index (κ1) is 11.0. The van der Waals surface area contributed by atoms with E-state index in [1.165, 1.54) is 12.1 Å². The van der Waals surface area contributed by atoms with Crippen LogP contribution in [-0.2, 0) is 0 Å². The second kappa shape index (κ2) is 4.31. The molecule has 0 spiro atoms. The molecule has 0 fully saturated rings. The average molecular weight is 263 g/mol. The van der Waals surface area contributed by atoms with Gasteiger partial charge < -0.3 is 9.73 Å². The number of rotatable bonds is 2. The smallest absolute Gasteiger partial charge is 0.300 e. The summed E-state index contributed by atoms with van der Waals surface area (Å²) in [5.41, 5.74) is 1.81. The van der Waals surface area contributed by atoms with Crippen molar-refractivity contribution in [1.82, 2.24) is 4.98 Å². The van der Waals surface area contributed by atoms with Crippen LogP contribution in [0.3, 0.4) is 0 Å². The van der Waals surface area contributed by atoms with Gasteiger partial charge in [0.05, 0.1) is 0 Å². The standard InChI is InChI=1S/C13H8ClFN2O/c14-8-1-4-10(5-2-8)16-13-17-11-7-9(15)3-6-12(11)18-13/h1-7H,(H,16,17). The number of nitrogens with one attached hydrogen (secondary N) is 1. The number of oxazole rings is 1. The van der Waals surface area contributed by atoms with Gasteiger partial charge >= 0.3 is 0 Å². The highest BCUT2D eigenvalue weighted by molar-refractivity contribution is 6.30. The third-order valence-electron chi connectivity index (χ3n) is 2.45. The number of fused-ring (bicyclic) bond motifs is 1. The van der Waals surface area contributed by atoms with E-state index in [1.54, 1.807) is 30.3 Å². The molecule has 0 amide bonds. The fourth-order valence-corrected chi connectivity index (χ4v) is 1.74. The fourth-order valence-electron chi connectivity index (χ4n) is 1.61. The van der Waals surface area contributed by atoms with Gasteiger partial charge in [-0.1, -0.05) is 11.6 Å². The molecule has 0 radical (unpaired) electrons. The van der Waals surface area contributed by atoms with E-state index in [4.69, 9.17) is 16.0 Å². The van der Waals surface area contributed by atoms with Crippen molar-refractivity contribution in [2.24, 2.45) is 0 Å². The number of hydrogen-bond acceptors (Lipinski definition) is 3. The van der Waals surface area contributed by atoms with Crippen molar-refractivity contribution in [2.45, 2.75) is 0 Å². The quantitative estimate of drug-likeness (QED) is 0.745. The van der Waals surface area contributed by atoms with Crippen molar-refractivity contribution in [3.05, 3.63) is 53.3 Å². The van der Waals surface area contributed by atoms with Gasteiger partial charge in [0.15, 0.2) is 5.58 Å². The van der Waals surface area contributed by atoms with Gasteiger partial charge in [-0.3, -0.25) is 0 Å². The fraction of sp³-hybridized carbons (Fsp3) is 0. The Labute approximate surface area is 107 Å². The molecule has 1 aromatic heterocycles. The summed E-state index contributed by atoms with van der Waals surface area (Å²) in [4.78, 5) is 4.14. The molecular weight excluding hydrogens is 255 g/mol. The van der Waals surface area contributed by atoms with Gasteiger partial charge in [0.2, 0.25) is 0 Å². The maximum absolute atomic E-state index is 13.0. The van der Waals surface area contributed by atoms with Crippen LogP contribution >= 0.6 is 11.6 Å². The Balaban J connectivity index is 1.92. The van der Waals surface area contributed by atoms with Crippen LogP contribution < -0.4 is 5.32 Å². The Kier molecular flexibility index (Phi) is 2.64. The third kappa shape index (κ3) is 2.15. The van der Waals surface area contributed by atoms with Crippen LogP contribution in [0.5, 0.6) is 0 Å². The van der Waals surface area contributed by atoms with E-state index in [0.717, 1.165) is 5.69 Å². The minimum atomic E-state index is -0.339. The summed E-state index contributed by atoms with van der Waals surface area (Å²) in [6, 6.07) is 11.6. The lowest BCUT2D eigenvalue weighted by Gasteiger charge is -2.00. The highest BCUT2D eigenvalue weighted by Crippen LogP contribution is 2.23. The van der Waals surface area contributed by atoms with Crippen molar-refractivity contribution in [2.75, 3.05) is 5.32 Å². The molecular formula is C13H8ClFN2O. The molecule has 3 nitrogen and oxygen atoms in total. The molecule has 18 heavy (non-hydrogen) atoms. The number of halogens is 2. The van der Waals surface area contributed by atoms with Gasteiger partial charge in [0.1, 0.15) is 11.3 Å². The minimum Gasteiger partial charge on any atom is -0.423 e. The Morgan fingerprint density at radius 2 is 1.89 bits per heavy atom. The first-order valence-electron chi connectivity index (χ1n) is 5.29. The molecule has 0 atom stereocenters. The second-order valence-electron chi connectivity index (χ2n) is 3.76. The van der Waals surface area contributed by atoms with Crippen LogP contribution in [0.15, 0.2) is 46.9 Å². The SMILES string of the molecule is Fc1ccc2oc(Nc3ccc(Cl)cc3)nc2c1. The highest BCUT2D eigenvalue weighted by atomic mass is 35.5. The Morgan fingerprint density at radius 1 is 1.11 bits per heavy atom. The molecule has 0 aliphatic heterocycles. The van der Waals surface area contributed by atoms with Gasteiger partial charge in [-0.2, -0.15) is 4.98 Å². The largest absolute Gasteiger partial charge is 0.423 e. The maximum Gasteiger partial charge on any atom is 0.300 e. The normalized spacial score (nSPS) is 10.8. The molecule has 1 heterocycles. The van der Waals surface area contributed by atoms with Crippen molar-refractivity contribution in [3.63, 3.8) is 0 Å². The summed E-state index contributed by atoms with van der Waals surface area (Å²) in [7, 11) is 0. The zero-order valence-corrected chi connectivity index (χ0v) is 9.91. The van der Waals surface area contributed by atoms with Crippen LogP contribution in [0.1, 0.15) is 0 Å². The van der Waals surface area contributed by atoms with E-state index >= 15 is 0 Å². The lowest BCUT2D eigenvalue weighted by molar-refractivity contribution is 0.616. The first-order valence-corrected chi connectivity index (χ1v) is 5.67. The summed E-state index contributed by atoms with van der Waals surface area (Å²) < 4.78 is 18.4. The van der Waals surface area contributed by atoms with E-state index in [2.05, 4.69) is 10.3 Å². The highest BCUT2D eigenvalue weighted by Gasteiger charge is 2.06. The van der Waals surface area contributed by atoms with Crippen molar-refractivity contribution in [3.8, 4) is 0 Å². The number of benzene rings is 2. The van der Waals surface area contributed by atoms with Gasteiger partial charge in [-0.15, -0.1) is 0 Å². The average Bonchev–Trinajstić information content (AvgIpc) is 2.73. The van der Waals surface area contributed by atoms with Gasteiger partial charge in [-0.05, 0) is 36.4 Å². The third-order valence-corrected chi connectivity index (χ3v) is 2.70. The lowest BCUT2D eigenvalue weighted by atomic mass is 10.3. The molecule has 3 aromatic rings. The van der Waals surface area contributed by atoms with Crippen LogP contribution in [0.25, 0.3) is 11.1 Å². The zero-order valence-electron chi connectivity index (χ0n) is 9.15. The Hall–Kier alpha value is -2.07. The Morgan fingerprint density at radius 3 is 2.67 bits per heavy atom. The van der Waals surface area contributed by atoms with Crippen molar-refractivity contribution in [1.29, 1.82) is 0 Å². The van der Waals surface area contributed by atoms with Crippen LogP contribution in [-0.4, -0.2) is 4.98 Å².